The van der Waals surface area contributed by atoms with Crippen LogP contribution in [0.3, 0.4) is 0 Å². The standard InChI is InChI=1S/C24H31N3O7S/c1-24(2,3)34-23(28)26(35(31,32)21-11-8-10-19(16-21)27(29)30)14-7-6-13-25-17-20-15-18-9-4-5-12-22(18)33-20/h4-5,8-12,16,20,25H,6-7,13-15,17H2,1-3H3. The molecule has 1 unspecified atom stereocenters. The maximum atomic E-state index is 13.2. The molecule has 0 aromatic heterocycles. The minimum atomic E-state index is -4.35. The molecule has 1 aliphatic rings. The van der Waals surface area contributed by atoms with E-state index >= 15 is 0 Å². The lowest BCUT2D eigenvalue weighted by Gasteiger charge is -2.27. The van der Waals surface area contributed by atoms with Crippen LogP contribution in [0.4, 0.5) is 10.5 Å². The topological polar surface area (TPSA) is 128 Å². The molecule has 2 aromatic carbocycles. The highest BCUT2D eigenvalue weighted by Gasteiger charge is 2.33. The first-order valence-corrected chi connectivity index (χ1v) is 12.9. The van der Waals surface area contributed by atoms with Crippen molar-refractivity contribution in [2.24, 2.45) is 0 Å². The maximum Gasteiger partial charge on any atom is 0.424 e. The van der Waals surface area contributed by atoms with E-state index in [0.717, 1.165) is 18.2 Å². The van der Waals surface area contributed by atoms with Crippen LogP contribution in [-0.4, -0.2) is 55.1 Å². The van der Waals surface area contributed by atoms with Crippen LogP contribution in [0.15, 0.2) is 53.4 Å². The number of nitrogens with one attached hydrogen (secondary N) is 1. The summed E-state index contributed by atoms with van der Waals surface area (Å²) in [5.74, 6) is 0.902. The van der Waals surface area contributed by atoms with Gasteiger partial charge in [-0.3, -0.25) is 10.1 Å². The molecule has 0 saturated carbocycles. The molecule has 0 bridgehead atoms. The van der Waals surface area contributed by atoms with Gasteiger partial charge in [0.2, 0.25) is 0 Å². The molecule has 1 atom stereocenters. The molecule has 2 aromatic rings. The second kappa shape index (κ2) is 11.0. The van der Waals surface area contributed by atoms with Crippen LogP contribution < -0.4 is 10.1 Å². The van der Waals surface area contributed by atoms with Gasteiger partial charge in [-0.15, -0.1) is 0 Å². The van der Waals surface area contributed by atoms with Gasteiger partial charge in [0, 0.05) is 31.6 Å². The maximum absolute atomic E-state index is 13.2. The normalized spacial score (nSPS) is 15.2. The molecule has 1 N–H and O–H groups in total. The molecule has 0 fully saturated rings. The van der Waals surface area contributed by atoms with Gasteiger partial charge in [-0.05, 0) is 57.9 Å². The highest BCUT2D eigenvalue weighted by atomic mass is 32.2. The van der Waals surface area contributed by atoms with E-state index in [-0.39, 0.29) is 23.2 Å². The van der Waals surface area contributed by atoms with Crippen molar-refractivity contribution in [3.8, 4) is 5.75 Å². The van der Waals surface area contributed by atoms with E-state index in [2.05, 4.69) is 5.32 Å². The lowest BCUT2D eigenvalue weighted by Crippen LogP contribution is -2.41. The fourth-order valence-electron chi connectivity index (χ4n) is 3.64. The third kappa shape index (κ3) is 7.15. The van der Waals surface area contributed by atoms with Crippen LogP contribution in [0.1, 0.15) is 39.2 Å². The second-order valence-electron chi connectivity index (χ2n) is 9.27. The van der Waals surface area contributed by atoms with E-state index in [1.807, 2.05) is 24.3 Å². The van der Waals surface area contributed by atoms with Crippen molar-refractivity contribution in [3.05, 3.63) is 64.2 Å². The first kappa shape index (κ1) is 26.4. The van der Waals surface area contributed by atoms with E-state index in [0.29, 0.717) is 30.2 Å². The Balaban J connectivity index is 1.58. The summed E-state index contributed by atoms with van der Waals surface area (Å²) in [5, 5.41) is 14.4. The monoisotopic (exact) mass is 505 g/mol. The number of nitrogens with zero attached hydrogens (tertiary/aromatic N) is 2. The number of nitro benzene ring substituents is 1. The quantitative estimate of drug-likeness (QED) is 0.293. The smallest absolute Gasteiger partial charge is 0.424 e. The number of non-ortho nitro benzene ring substituents is 1. The Morgan fingerprint density at radius 1 is 1.20 bits per heavy atom. The Hall–Kier alpha value is -3.18. The molecule has 11 heteroatoms. The summed E-state index contributed by atoms with van der Waals surface area (Å²) in [6.07, 6.45) is 0.834. The van der Waals surface area contributed by atoms with Gasteiger partial charge in [0.25, 0.3) is 15.7 Å². The predicted octanol–water partition coefficient (Wildman–Crippen LogP) is 3.89. The Bertz CT molecular complexity index is 1140. The van der Waals surface area contributed by atoms with Gasteiger partial charge in [-0.25, -0.2) is 17.5 Å². The van der Waals surface area contributed by atoms with E-state index in [9.17, 15) is 23.3 Å². The minimum Gasteiger partial charge on any atom is -0.488 e. The van der Waals surface area contributed by atoms with Crippen molar-refractivity contribution in [1.29, 1.82) is 0 Å². The van der Waals surface area contributed by atoms with Crippen LogP contribution in [0, 0.1) is 10.1 Å². The zero-order chi connectivity index (χ0) is 25.6. The number of para-hydroxylation sites is 1. The highest BCUT2D eigenvalue weighted by molar-refractivity contribution is 7.89. The summed E-state index contributed by atoms with van der Waals surface area (Å²) in [7, 11) is -4.35. The molecular formula is C24H31N3O7S. The molecule has 1 aliphatic heterocycles. The van der Waals surface area contributed by atoms with Gasteiger partial charge in [0.05, 0.1) is 9.82 Å². The van der Waals surface area contributed by atoms with Crippen molar-refractivity contribution in [2.75, 3.05) is 19.6 Å². The van der Waals surface area contributed by atoms with Crippen molar-refractivity contribution in [3.63, 3.8) is 0 Å². The number of unbranched alkanes of at least 4 members (excludes halogenated alkanes) is 1. The molecule has 1 amide bonds. The third-order valence-electron chi connectivity index (χ3n) is 5.26. The second-order valence-corrected chi connectivity index (χ2v) is 11.1. The van der Waals surface area contributed by atoms with Crippen molar-refractivity contribution < 1.29 is 27.6 Å². The number of rotatable bonds is 10. The fourth-order valence-corrected chi connectivity index (χ4v) is 5.02. The van der Waals surface area contributed by atoms with E-state index in [1.165, 1.54) is 23.8 Å². The average molecular weight is 506 g/mol. The van der Waals surface area contributed by atoms with Crippen LogP contribution in [0.25, 0.3) is 0 Å². The van der Waals surface area contributed by atoms with E-state index < -0.39 is 26.6 Å². The van der Waals surface area contributed by atoms with Gasteiger partial charge in [0.15, 0.2) is 0 Å². The Kier molecular flexibility index (Phi) is 8.34. The first-order chi connectivity index (χ1) is 16.5. The summed E-state index contributed by atoms with van der Waals surface area (Å²) < 4.78 is 38.3. The summed E-state index contributed by atoms with van der Waals surface area (Å²) in [5.41, 5.74) is -0.108. The highest BCUT2D eigenvalue weighted by Crippen LogP contribution is 2.28. The summed E-state index contributed by atoms with van der Waals surface area (Å²) in [6, 6.07) is 12.5. The van der Waals surface area contributed by atoms with Gasteiger partial charge >= 0.3 is 6.09 Å². The Morgan fingerprint density at radius 2 is 1.94 bits per heavy atom. The molecule has 35 heavy (non-hydrogen) atoms. The molecule has 0 saturated heterocycles. The molecule has 190 valence electrons. The number of nitro groups is 1. The Morgan fingerprint density at radius 3 is 2.63 bits per heavy atom. The molecule has 1 heterocycles. The molecular weight excluding hydrogens is 474 g/mol. The number of benzene rings is 2. The lowest BCUT2D eigenvalue weighted by molar-refractivity contribution is -0.385. The summed E-state index contributed by atoms with van der Waals surface area (Å²) >= 11 is 0. The lowest BCUT2D eigenvalue weighted by atomic mass is 10.1. The fraction of sp³-hybridized carbons (Fsp3) is 0.458. The number of carbonyl (C=O) groups excluding carboxylic acids is 1. The number of sulfonamides is 1. The van der Waals surface area contributed by atoms with Crippen LogP contribution in [0.5, 0.6) is 5.75 Å². The van der Waals surface area contributed by atoms with Crippen molar-refractivity contribution in [1.82, 2.24) is 9.62 Å². The number of ether oxygens (including phenoxy) is 2. The molecule has 3 rings (SSSR count). The van der Waals surface area contributed by atoms with Crippen molar-refractivity contribution in [2.45, 2.75) is 56.6 Å². The van der Waals surface area contributed by atoms with E-state index in [1.54, 1.807) is 20.8 Å². The third-order valence-corrected chi connectivity index (χ3v) is 7.03. The number of amides is 1. The average Bonchev–Trinajstić information content (AvgIpc) is 3.20. The molecule has 0 spiro atoms. The summed E-state index contributed by atoms with van der Waals surface area (Å²) in [4.78, 5) is 22.8. The molecule has 0 aliphatic carbocycles. The minimum absolute atomic E-state index is 0.0416. The number of hydrogen-bond donors (Lipinski definition) is 1. The Labute approximate surface area is 205 Å². The number of fused-ring (bicyclic) bond motifs is 1. The molecule has 10 nitrogen and oxygen atoms in total. The molecule has 0 radical (unpaired) electrons. The zero-order valence-electron chi connectivity index (χ0n) is 20.1. The van der Waals surface area contributed by atoms with E-state index in [4.69, 9.17) is 9.47 Å². The largest absolute Gasteiger partial charge is 0.488 e. The van der Waals surface area contributed by atoms with Crippen LogP contribution >= 0.6 is 0 Å². The number of carbonyl (C=O) groups is 1. The summed E-state index contributed by atoms with van der Waals surface area (Å²) in [6.45, 7) is 6.04. The van der Waals surface area contributed by atoms with Gasteiger partial charge in [-0.1, -0.05) is 24.3 Å². The predicted molar refractivity (Wildman–Crippen MR) is 130 cm³/mol. The SMILES string of the molecule is CC(C)(C)OC(=O)N(CCCCNCC1Cc2ccccc2O1)S(=O)(=O)c1cccc([N+](=O)[O-])c1. The van der Waals surface area contributed by atoms with Gasteiger partial charge in [-0.2, -0.15) is 0 Å². The first-order valence-electron chi connectivity index (χ1n) is 11.4. The number of hydrogen-bond acceptors (Lipinski definition) is 8. The van der Waals surface area contributed by atoms with Crippen LogP contribution in [-0.2, 0) is 21.2 Å². The van der Waals surface area contributed by atoms with Gasteiger partial charge in [0.1, 0.15) is 17.5 Å². The van der Waals surface area contributed by atoms with Crippen molar-refractivity contribution >= 4 is 21.8 Å². The van der Waals surface area contributed by atoms with Gasteiger partial charge < -0.3 is 14.8 Å². The zero-order valence-corrected chi connectivity index (χ0v) is 20.9. The van der Waals surface area contributed by atoms with Crippen LogP contribution in [0.2, 0.25) is 0 Å².